The van der Waals surface area contributed by atoms with Crippen molar-refractivity contribution in [2.24, 2.45) is 0 Å². The van der Waals surface area contributed by atoms with Crippen LogP contribution < -0.4 is 5.32 Å². The Morgan fingerprint density at radius 1 is 1.18 bits per heavy atom. The Balaban J connectivity index is 1.41. The number of aromatic nitrogens is 3. The third-order valence-corrected chi connectivity index (χ3v) is 7.03. The Hall–Kier alpha value is -2.51. The molecule has 0 bridgehead atoms. The molecule has 1 amide bonds. The van der Waals surface area contributed by atoms with Crippen LogP contribution in [-0.4, -0.2) is 20.4 Å². The van der Waals surface area contributed by atoms with E-state index in [0.29, 0.717) is 4.88 Å². The van der Waals surface area contributed by atoms with Gasteiger partial charge in [0.2, 0.25) is 0 Å². The molecule has 0 unspecified atom stereocenters. The molecular formula is C21H20N4OS2. The topological polar surface area (TPSA) is 59.8 Å². The van der Waals surface area contributed by atoms with Crippen molar-refractivity contribution in [1.29, 1.82) is 0 Å². The Morgan fingerprint density at radius 3 is 2.96 bits per heavy atom. The lowest BCUT2D eigenvalue weighted by molar-refractivity contribution is 0.103. The van der Waals surface area contributed by atoms with E-state index < -0.39 is 0 Å². The normalized spacial score (nSPS) is 14.0. The summed E-state index contributed by atoms with van der Waals surface area (Å²) in [5, 5.41) is 7.99. The third-order valence-electron chi connectivity index (χ3n) is 5.14. The average Bonchev–Trinajstić information content (AvgIpc) is 3.37. The van der Waals surface area contributed by atoms with Crippen LogP contribution in [0.5, 0.6) is 0 Å². The molecule has 1 aromatic carbocycles. The monoisotopic (exact) mass is 408 g/mol. The molecule has 7 heteroatoms. The number of aryl methyl sites for hydroxylation is 3. The lowest BCUT2D eigenvalue weighted by Crippen LogP contribution is -2.11. The summed E-state index contributed by atoms with van der Waals surface area (Å²) >= 11 is 3.07. The molecule has 5 rings (SSSR count). The maximum absolute atomic E-state index is 12.8. The molecule has 0 radical (unpaired) electrons. The Kier molecular flexibility index (Phi) is 4.49. The number of anilines is 1. The highest BCUT2D eigenvalue weighted by Gasteiger charge is 2.18. The fraction of sp³-hybridized carbons (Fsp3) is 0.286. The molecule has 3 aromatic heterocycles. The zero-order chi connectivity index (χ0) is 19.1. The summed E-state index contributed by atoms with van der Waals surface area (Å²) < 4.78 is 2.33. The molecule has 0 atom stereocenters. The second kappa shape index (κ2) is 7.14. The van der Waals surface area contributed by atoms with Crippen LogP contribution in [-0.2, 0) is 13.0 Å². The van der Waals surface area contributed by atoms with Gasteiger partial charge in [-0.15, -0.1) is 11.3 Å². The van der Waals surface area contributed by atoms with Gasteiger partial charge in [0.05, 0.1) is 16.7 Å². The Bertz CT molecular complexity index is 1160. The van der Waals surface area contributed by atoms with Crippen molar-refractivity contribution in [1.82, 2.24) is 14.5 Å². The van der Waals surface area contributed by atoms with Gasteiger partial charge in [-0.1, -0.05) is 6.42 Å². The average molecular weight is 409 g/mol. The number of carbonyl (C=O) groups is 1. The highest BCUT2D eigenvalue weighted by Crippen LogP contribution is 2.30. The fourth-order valence-electron chi connectivity index (χ4n) is 3.73. The number of benzene rings is 1. The number of carbonyl (C=O) groups excluding carboxylic acids is 1. The molecule has 1 aliphatic heterocycles. The van der Waals surface area contributed by atoms with Crippen LogP contribution in [0.3, 0.4) is 0 Å². The van der Waals surface area contributed by atoms with Gasteiger partial charge in [0, 0.05) is 29.6 Å². The van der Waals surface area contributed by atoms with E-state index in [0.717, 1.165) is 51.8 Å². The first-order valence-electron chi connectivity index (χ1n) is 9.49. The van der Waals surface area contributed by atoms with Crippen molar-refractivity contribution in [3.63, 3.8) is 0 Å². The van der Waals surface area contributed by atoms with Gasteiger partial charge in [0.1, 0.15) is 15.7 Å². The molecule has 0 saturated heterocycles. The maximum atomic E-state index is 12.8. The Labute approximate surface area is 171 Å². The summed E-state index contributed by atoms with van der Waals surface area (Å²) in [6.45, 7) is 2.92. The second-order valence-electron chi connectivity index (χ2n) is 7.09. The molecule has 4 aromatic rings. The number of amides is 1. The number of imidazole rings is 1. The molecular weight excluding hydrogens is 388 g/mol. The SMILES string of the molecule is Cc1nc(-c2ccsc2)sc1C(=O)Nc1ccc2c(c1)nc1n2CCCCC1. The molecule has 1 N–H and O–H groups in total. The summed E-state index contributed by atoms with van der Waals surface area (Å²) in [7, 11) is 0. The molecule has 1 aliphatic rings. The van der Waals surface area contributed by atoms with E-state index in [1.54, 1.807) is 11.3 Å². The van der Waals surface area contributed by atoms with Crippen LogP contribution in [0.25, 0.3) is 21.6 Å². The molecule has 0 aliphatic carbocycles. The van der Waals surface area contributed by atoms with E-state index in [1.165, 1.54) is 30.6 Å². The van der Waals surface area contributed by atoms with Crippen molar-refractivity contribution in [3.8, 4) is 10.6 Å². The van der Waals surface area contributed by atoms with Crippen molar-refractivity contribution in [2.75, 3.05) is 5.32 Å². The number of nitrogens with one attached hydrogen (secondary N) is 1. The molecule has 0 spiro atoms. The zero-order valence-electron chi connectivity index (χ0n) is 15.6. The van der Waals surface area contributed by atoms with E-state index in [2.05, 4.69) is 26.3 Å². The van der Waals surface area contributed by atoms with Gasteiger partial charge in [-0.25, -0.2) is 9.97 Å². The number of hydrogen-bond acceptors (Lipinski definition) is 5. The number of rotatable bonds is 3. The number of thiophene rings is 1. The lowest BCUT2D eigenvalue weighted by atomic mass is 10.2. The first-order valence-corrected chi connectivity index (χ1v) is 11.3. The summed E-state index contributed by atoms with van der Waals surface area (Å²) in [5.41, 5.74) is 4.71. The smallest absolute Gasteiger partial charge is 0.267 e. The number of fused-ring (bicyclic) bond motifs is 3. The summed E-state index contributed by atoms with van der Waals surface area (Å²) in [6, 6.07) is 8.05. The van der Waals surface area contributed by atoms with Gasteiger partial charge in [-0.3, -0.25) is 4.79 Å². The van der Waals surface area contributed by atoms with Gasteiger partial charge >= 0.3 is 0 Å². The van der Waals surface area contributed by atoms with Gasteiger partial charge in [0.25, 0.3) is 5.91 Å². The van der Waals surface area contributed by atoms with Crippen molar-refractivity contribution < 1.29 is 4.79 Å². The first kappa shape index (κ1) is 17.6. The van der Waals surface area contributed by atoms with Crippen molar-refractivity contribution >= 4 is 45.3 Å². The van der Waals surface area contributed by atoms with Gasteiger partial charge < -0.3 is 9.88 Å². The molecule has 5 nitrogen and oxygen atoms in total. The van der Waals surface area contributed by atoms with Crippen LogP contribution in [0.2, 0.25) is 0 Å². The number of thiazole rings is 1. The minimum absolute atomic E-state index is 0.114. The van der Waals surface area contributed by atoms with Gasteiger partial charge in [-0.2, -0.15) is 11.3 Å². The van der Waals surface area contributed by atoms with Crippen molar-refractivity contribution in [3.05, 3.63) is 51.4 Å². The summed E-state index contributed by atoms with van der Waals surface area (Å²) in [4.78, 5) is 22.9. The highest BCUT2D eigenvalue weighted by molar-refractivity contribution is 7.17. The van der Waals surface area contributed by atoms with E-state index in [4.69, 9.17) is 4.98 Å². The fourth-order valence-corrected chi connectivity index (χ4v) is 5.41. The lowest BCUT2D eigenvalue weighted by Gasteiger charge is -2.06. The zero-order valence-corrected chi connectivity index (χ0v) is 17.2. The van der Waals surface area contributed by atoms with Crippen LogP contribution in [0.15, 0.2) is 35.0 Å². The van der Waals surface area contributed by atoms with Gasteiger partial charge in [-0.05, 0) is 49.4 Å². The minimum atomic E-state index is -0.114. The van der Waals surface area contributed by atoms with Crippen LogP contribution in [0.4, 0.5) is 5.69 Å². The van der Waals surface area contributed by atoms with E-state index in [1.807, 2.05) is 30.5 Å². The van der Waals surface area contributed by atoms with Crippen LogP contribution >= 0.6 is 22.7 Å². The maximum Gasteiger partial charge on any atom is 0.267 e. The molecule has 0 saturated carbocycles. The summed E-state index contributed by atoms with van der Waals surface area (Å²) in [6.07, 6.45) is 4.69. The molecule has 28 heavy (non-hydrogen) atoms. The third kappa shape index (κ3) is 3.14. The van der Waals surface area contributed by atoms with Crippen molar-refractivity contribution in [2.45, 2.75) is 39.2 Å². The largest absolute Gasteiger partial charge is 0.328 e. The van der Waals surface area contributed by atoms with E-state index >= 15 is 0 Å². The van der Waals surface area contributed by atoms with E-state index in [9.17, 15) is 4.79 Å². The highest BCUT2D eigenvalue weighted by atomic mass is 32.1. The summed E-state index contributed by atoms with van der Waals surface area (Å²) in [5.74, 6) is 1.05. The molecule has 142 valence electrons. The first-order chi connectivity index (χ1) is 13.7. The molecule has 0 fully saturated rings. The standard InChI is InChI=1S/C21H20N4OS2/c1-13-19(28-21(22-13)14-8-10-27-12-14)20(26)23-15-6-7-17-16(11-15)24-18-5-3-2-4-9-25(17)18/h6-8,10-12H,2-5,9H2,1H3,(H,23,26). The number of hydrogen-bond donors (Lipinski definition) is 1. The predicted molar refractivity (Wildman–Crippen MR) is 115 cm³/mol. The van der Waals surface area contributed by atoms with E-state index in [-0.39, 0.29) is 5.91 Å². The molecule has 4 heterocycles. The van der Waals surface area contributed by atoms with Crippen LogP contribution in [0.1, 0.15) is 40.5 Å². The van der Waals surface area contributed by atoms with Crippen LogP contribution in [0, 0.1) is 6.92 Å². The Morgan fingerprint density at radius 2 is 2.11 bits per heavy atom. The minimum Gasteiger partial charge on any atom is -0.328 e. The quantitative estimate of drug-likeness (QED) is 0.486. The second-order valence-corrected chi connectivity index (χ2v) is 8.87. The van der Waals surface area contributed by atoms with Gasteiger partial charge in [0.15, 0.2) is 0 Å². The predicted octanol–water partition coefficient (Wildman–Crippen LogP) is 5.51. The number of nitrogens with zero attached hydrogens (tertiary/aromatic N) is 3.